The molecule has 17 heavy (non-hydrogen) atoms. The second-order valence-electron chi connectivity index (χ2n) is 3.75. The van der Waals surface area contributed by atoms with Gasteiger partial charge in [-0.05, 0) is 30.8 Å². The molecule has 0 saturated carbocycles. The van der Waals surface area contributed by atoms with Crippen LogP contribution in [0.1, 0.15) is 5.56 Å². The van der Waals surface area contributed by atoms with Crippen LogP contribution in [0.15, 0.2) is 30.3 Å². The van der Waals surface area contributed by atoms with E-state index in [4.69, 9.17) is 11.6 Å². The van der Waals surface area contributed by atoms with Crippen molar-refractivity contribution in [2.24, 2.45) is 0 Å². The fourth-order valence-electron chi connectivity index (χ4n) is 1.26. The zero-order valence-electron chi connectivity index (χ0n) is 10.1. The Hall–Kier alpha value is -1.32. The van der Waals surface area contributed by atoms with E-state index < -0.39 is 0 Å². The number of benzene rings is 1. The summed E-state index contributed by atoms with van der Waals surface area (Å²) in [7, 11) is 3.65. The van der Waals surface area contributed by atoms with Gasteiger partial charge in [0.15, 0.2) is 0 Å². The van der Waals surface area contributed by atoms with Crippen LogP contribution >= 0.6 is 11.6 Å². The van der Waals surface area contributed by atoms with Gasteiger partial charge in [-0.1, -0.05) is 23.7 Å². The monoisotopic (exact) mass is 252 g/mol. The Labute approximate surface area is 107 Å². The molecule has 0 spiro atoms. The Morgan fingerprint density at radius 3 is 2.65 bits per heavy atom. The smallest absolute Gasteiger partial charge is 0.246 e. The normalized spacial score (nSPS) is 10.8. The SMILES string of the molecule is CNCCN(C)C(=O)C=Cc1ccc(Cl)cc1. The fraction of sp³-hybridized carbons (Fsp3) is 0.308. The Balaban J connectivity index is 2.52. The van der Waals surface area contributed by atoms with Crippen molar-refractivity contribution in [2.75, 3.05) is 27.2 Å². The minimum atomic E-state index is -0.00444. The number of hydrogen-bond donors (Lipinski definition) is 1. The molecule has 1 N–H and O–H groups in total. The Kier molecular flexibility index (Phi) is 5.73. The van der Waals surface area contributed by atoms with E-state index in [-0.39, 0.29) is 5.91 Å². The molecular formula is C13H17ClN2O. The highest BCUT2D eigenvalue weighted by atomic mass is 35.5. The highest BCUT2D eigenvalue weighted by Gasteiger charge is 2.02. The summed E-state index contributed by atoms with van der Waals surface area (Å²) in [6.45, 7) is 1.48. The van der Waals surface area contributed by atoms with Crippen LogP contribution in [-0.4, -0.2) is 38.0 Å². The first kappa shape index (κ1) is 13.7. The Morgan fingerprint density at radius 1 is 1.41 bits per heavy atom. The zero-order valence-corrected chi connectivity index (χ0v) is 10.9. The Morgan fingerprint density at radius 2 is 2.06 bits per heavy atom. The first-order valence-corrected chi connectivity index (χ1v) is 5.84. The molecular weight excluding hydrogens is 236 g/mol. The molecule has 0 aliphatic rings. The summed E-state index contributed by atoms with van der Waals surface area (Å²) in [6, 6.07) is 7.35. The third kappa shape index (κ3) is 5.02. The van der Waals surface area contributed by atoms with E-state index in [9.17, 15) is 4.79 Å². The van der Waals surface area contributed by atoms with Gasteiger partial charge < -0.3 is 10.2 Å². The maximum absolute atomic E-state index is 11.7. The predicted octanol–water partition coefficient (Wildman–Crippen LogP) is 2.03. The van der Waals surface area contributed by atoms with Crippen molar-refractivity contribution < 1.29 is 4.79 Å². The van der Waals surface area contributed by atoms with Gasteiger partial charge in [-0.2, -0.15) is 0 Å². The number of hydrogen-bond acceptors (Lipinski definition) is 2. The van der Waals surface area contributed by atoms with Gasteiger partial charge in [0.1, 0.15) is 0 Å². The van der Waals surface area contributed by atoms with Crippen molar-refractivity contribution >= 4 is 23.6 Å². The lowest BCUT2D eigenvalue weighted by Gasteiger charge is -2.14. The summed E-state index contributed by atoms with van der Waals surface area (Å²) < 4.78 is 0. The van der Waals surface area contributed by atoms with E-state index in [2.05, 4.69) is 5.32 Å². The maximum atomic E-state index is 11.7. The number of rotatable bonds is 5. The van der Waals surface area contributed by atoms with Gasteiger partial charge in [0.2, 0.25) is 5.91 Å². The summed E-state index contributed by atoms with van der Waals surface area (Å²) >= 11 is 5.78. The highest BCUT2D eigenvalue weighted by Crippen LogP contribution is 2.10. The average molecular weight is 253 g/mol. The van der Waals surface area contributed by atoms with E-state index in [0.717, 1.165) is 12.1 Å². The van der Waals surface area contributed by atoms with Crippen LogP contribution in [0.3, 0.4) is 0 Å². The van der Waals surface area contributed by atoms with Crippen molar-refractivity contribution in [1.29, 1.82) is 0 Å². The van der Waals surface area contributed by atoms with Gasteiger partial charge in [0.05, 0.1) is 0 Å². The number of amides is 1. The molecule has 4 heteroatoms. The molecule has 0 aliphatic carbocycles. The molecule has 3 nitrogen and oxygen atoms in total. The number of nitrogens with one attached hydrogen (secondary N) is 1. The van der Waals surface area contributed by atoms with Crippen LogP contribution in [0.4, 0.5) is 0 Å². The lowest BCUT2D eigenvalue weighted by Crippen LogP contribution is -2.31. The van der Waals surface area contributed by atoms with Gasteiger partial charge in [-0.15, -0.1) is 0 Å². The second kappa shape index (κ2) is 7.09. The lowest BCUT2D eigenvalue weighted by atomic mass is 10.2. The molecule has 1 aromatic rings. The molecule has 1 aromatic carbocycles. The molecule has 0 aromatic heterocycles. The first-order valence-electron chi connectivity index (χ1n) is 5.47. The number of nitrogens with zero attached hydrogens (tertiary/aromatic N) is 1. The van der Waals surface area contributed by atoms with Crippen LogP contribution in [-0.2, 0) is 4.79 Å². The molecule has 0 bridgehead atoms. The van der Waals surface area contributed by atoms with Gasteiger partial charge >= 0.3 is 0 Å². The molecule has 92 valence electrons. The van der Waals surface area contributed by atoms with Crippen molar-refractivity contribution in [2.45, 2.75) is 0 Å². The summed E-state index contributed by atoms with van der Waals surface area (Å²) in [4.78, 5) is 13.3. The number of carbonyl (C=O) groups excluding carboxylic acids is 1. The molecule has 1 amide bonds. The quantitative estimate of drug-likeness (QED) is 0.814. The number of carbonyl (C=O) groups is 1. The predicted molar refractivity (Wildman–Crippen MR) is 72.0 cm³/mol. The van der Waals surface area contributed by atoms with E-state index in [0.29, 0.717) is 11.6 Å². The number of halogens is 1. The maximum Gasteiger partial charge on any atom is 0.246 e. The van der Waals surface area contributed by atoms with Crippen molar-refractivity contribution in [1.82, 2.24) is 10.2 Å². The average Bonchev–Trinajstić information content (AvgIpc) is 2.34. The van der Waals surface area contributed by atoms with E-state index >= 15 is 0 Å². The van der Waals surface area contributed by atoms with E-state index in [1.165, 1.54) is 0 Å². The van der Waals surface area contributed by atoms with Gasteiger partial charge in [-0.3, -0.25) is 4.79 Å². The van der Waals surface area contributed by atoms with Crippen LogP contribution in [0, 0.1) is 0 Å². The third-order valence-corrected chi connectivity index (χ3v) is 2.61. The molecule has 0 fully saturated rings. The highest BCUT2D eigenvalue weighted by molar-refractivity contribution is 6.30. The molecule has 0 heterocycles. The largest absolute Gasteiger partial charge is 0.341 e. The lowest BCUT2D eigenvalue weighted by molar-refractivity contribution is -0.124. The molecule has 0 saturated heterocycles. The van der Waals surface area contributed by atoms with Crippen LogP contribution in [0.2, 0.25) is 5.02 Å². The number of likely N-dealkylation sites (N-methyl/N-ethyl adjacent to an activating group) is 2. The summed E-state index contributed by atoms with van der Waals surface area (Å²) in [6.07, 6.45) is 3.35. The van der Waals surface area contributed by atoms with Crippen molar-refractivity contribution in [3.05, 3.63) is 40.9 Å². The molecule has 0 aliphatic heterocycles. The third-order valence-electron chi connectivity index (χ3n) is 2.36. The topological polar surface area (TPSA) is 32.3 Å². The van der Waals surface area contributed by atoms with Crippen LogP contribution < -0.4 is 5.32 Å². The molecule has 1 rings (SSSR count). The van der Waals surface area contributed by atoms with Crippen molar-refractivity contribution in [3.63, 3.8) is 0 Å². The van der Waals surface area contributed by atoms with Gasteiger partial charge in [-0.25, -0.2) is 0 Å². The van der Waals surface area contributed by atoms with Gasteiger partial charge in [0.25, 0.3) is 0 Å². The van der Waals surface area contributed by atoms with Gasteiger partial charge in [0, 0.05) is 31.2 Å². The Bertz CT molecular complexity index is 387. The second-order valence-corrected chi connectivity index (χ2v) is 4.18. The summed E-state index contributed by atoms with van der Waals surface area (Å²) in [5, 5.41) is 3.69. The minimum Gasteiger partial charge on any atom is -0.341 e. The first-order chi connectivity index (χ1) is 8.13. The summed E-state index contributed by atoms with van der Waals surface area (Å²) in [5.74, 6) is -0.00444. The van der Waals surface area contributed by atoms with E-state index in [1.54, 1.807) is 36.2 Å². The van der Waals surface area contributed by atoms with E-state index in [1.807, 2.05) is 19.2 Å². The zero-order chi connectivity index (χ0) is 12.7. The van der Waals surface area contributed by atoms with Crippen LogP contribution in [0.5, 0.6) is 0 Å². The fourth-order valence-corrected chi connectivity index (χ4v) is 1.38. The standard InChI is InChI=1S/C13H17ClN2O/c1-15-9-10-16(2)13(17)8-5-11-3-6-12(14)7-4-11/h3-8,15H,9-10H2,1-2H3. The molecule has 0 radical (unpaired) electrons. The molecule has 0 atom stereocenters. The van der Waals surface area contributed by atoms with Crippen molar-refractivity contribution in [3.8, 4) is 0 Å². The minimum absolute atomic E-state index is 0.00444. The summed E-state index contributed by atoms with van der Waals surface area (Å²) in [5.41, 5.74) is 0.963. The van der Waals surface area contributed by atoms with Crippen LogP contribution in [0.25, 0.3) is 6.08 Å². The molecule has 0 unspecified atom stereocenters.